The van der Waals surface area contributed by atoms with Crippen molar-refractivity contribution in [2.24, 2.45) is 0 Å². The minimum absolute atomic E-state index is 0.00246. The lowest BCUT2D eigenvalue weighted by molar-refractivity contribution is -0.138. The highest BCUT2D eigenvalue weighted by Crippen LogP contribution is 2.25. The van der Waals surface area contributed by atoms with Crippen LogP contribution < -0.4 is 4.74 Å². The van der Waals surface area contributed by atoms with Crippen LogP contribution >= 0.6 is 0 Å². The maximum atomic E-state index is 11.8. The van der Waals surface area contributed by atoms with E-state index in [0.717, 1.165) is 29.7 Å². The van der Waals surface area contributed by atoms with E-state index in [2.05, 4.69) is 0 Å². The van der Waals surface area contributed by atoms with Crippen LogP contribution in [-0.2, 0) is 30.2 Å². The number of ketones is 1. The van der Waals surface area contributed by atoms with Crippen molar-refractivity contribution in [1.29, 1.82) is 0 Å². The highest BCUT2D eigenvalue weighted by Gasteiger charge is 2.17. The predicted octanol–water partition coefficient (Wildman–Crippen LogP) is 2.13. The Morgan fingerprint density at radius 3 is 2.03 bits per heavy atom. The number of aryl methyl sites for hydroxylation is 1. The van der Waals surface area contributed by atoms with Crippen LogP contribution in [0.1, 0.15) is 35.2 Å². The fourth-order valence-corrected chi connectivity index (χ4v) is 2.85. The Hall–Kier alpha value is -2.00. The Balaban J connectivity index is 1.38. The first-order chi connectivity index (χ1) is 14.2. The molecule has 29 heavy (non-hydrogen) atoms. The molecule has 0 bridgehead atoms. The van der Waals surface area contributed by atoms with Gasteiger partial charge in [-0.05, 0) is 36.6 Å². The Kier molecular flexibility index (Phi) is 11.3. The third kappa shape index (κ3) is 9.85. The largest absolute Gasteiger partial charge is 0.491 e. The zero-order valence-corrected chi connectivity index (χ0v) is 16.7. The second-order valence-electron chi connectivity index (χ2n) is 6.54. The molecule has 8 nitrogen and oxygen atoms in total. The number of aliphatic carboxylic acids is 1. The molecule has 0 unspecified atom stereocenters. The van der Waals surface area contributed by atoms with Gasteiger partial charge in [0.2, 0.25) is 0 Å². The molecule has 0 atom stereocenters. The van der Waals surface area contributed by atoms with Crippen molar-refractivity contribution in [2.45, 2.75) is 25.7 Å². The van der Waals surface area contributed by atoms with Crippen molar-refractivity contribution in [3.05, 3.63) is 29.3 Å². The van der Waals surface area contributed by atoms with E-state index in [0.29, 0.717) is 59.3 Å². The van der Waals surface area contributed by atoms with E-state index in [1.807, 2.05) is 18.2 Å². The number of carboxylic acids is 1. The van der Waals surface area contributed by atoms with E-state index >= 15 is 0 Å². The minimum atomic E-state index is -0.871. The molecule has 8 heteroatoms. The van der Waals surface area contributed by atoms with Crippen LogP contribution in [0.25, 0.3) is 0 Å². The highest BCUT2D eigenvalue weighted by atomic mass is 16.6. The van der Waals surface area contributed by atoms with Crippen LogP contribution in [0, 0.1) is 0 Å². The summed E-state index contributed by atoms with van der Waals surface area (Å²) >= 11 is 0. The second-order valence-corrected chi connectivity index (χ2v) is 6.54. The first-order valence-electron chi connectivity index (χ1n) is 9.98. The first kappa shape index (κ1) is 23.3. The average molecular weight is 410 g/mol. The summed E-state index contributed by atoms with van der Waals surface area (Å²) in [5.41, 5.74) is 1.90. The fraction of sp³-hybridized carbons (Fsp3) is 0.619. The molecular weight excluding hydrogens is 380 g/mol. The summed E-state index contributed by atoms with van der Waals surface area (Å²) in [5.74, 6) is 0.113. The van der Waals surface area contributed by atoms with Gasteiger partial charge in [0.25, 0.3) is 0 Å². The molecule has 0 radical (unpaired) electrons. The maximum Gasteiger partial charge on any atom is 0.305 e. The van der Waals surface area contributed by atoms with E-state index in [-0.39, 0.29) is 18.8 Å². The average Bonchev–Trinajstić information content (AvgIpc) is 2.71. The number of rotatable bonds is 16. The summed E-state index contributed by atoms with van der Waals surface area (Å²) in [6, 6.07) is 5.64. The van der Waals surface area contributed by atoms with E-state index in [1.165, 1.54) is 0 Å². The number of carbonyl (C=O) groups excluding carboxylic acids is 1. The zero-order chi connectivity index (χ0) is 20.7. The van der Waals surface area contributed by atoms with Gasteiger partial charge in [0, 0.05) is 12.0 Å². The van der Waals surface area contributed by atoms with Crippen molar-refractivity contribution >= 4 is 11.8 Å². The number of ether oxygens (including phenoxy) is 5. The molecule has 0 saturated heterocycles. The van der Waals surface area contributed by atoms with E-state index < -0.39 is 5.97 Å². The zero-order valence-electron chi connectivity index (χ0n) is 16.7. The van der Waals surface area contributed by atoms with Crippen LogP contribution in [0.3, 0.4) is 0 Å². The first-order valence-corrected chi connectivity index (χ1v) is 9.98. The van der Waals surface area contributed by atoms with Crippen molar-refractivity contribution in [3.8, 4) is 5.75 Å². The van der Waals surface area contributed by atoms with Crippen molar-refractivity contribution in [1.82, 2.24) is 0 Å². The van der Waals surface area contributed by atoms with Crippen molar-refractivity contribution in [2.75, 3.05) is 59.5 Å². The number of hydrogen-bond donors (Lipinski definition) is 1. The number of fused-ring (bicyclic) bond motifs is 1. The molecular formula is C21H30O8. The molecule has 1 aliphatic rings. The third-order valence-electron chi connectivity index (χ3n) is 4.30. The van der Waals surface area contributed by atoms with Gasteiger partial charge >= 0.3 is 5.97 Å². The Bertz CT molecular complexity index is 631. The Morgan fingerprint density at radius 2 is 1.41 bits per heavy atom. The van der Waals surface area contributed by atoms with Crippen LogP contribution in [0.4, 0.5) is 0 Å². The van der Waals surface area contributed by atoms with E-state index in [9.17, 15) is 9.59 Å². The smallest absolute Gasteiger partial charge is 0.305 e. The lowest BCUT2D eigenvalue weighted by Crippen LogP contribution is -2.14. The molecule has 1 aliphatic carbocycles. The quantitative estimate of drug-likeness (QED) is 0.414. The fourth-order valence-electron chi connectivity index (χ4n) is 2.85. The van der Waals surface area contributed by atoms with Gasteiger partial charge in [-0.25, -0.2) is 0 Å². The molecule has 0 spiro atoms. The number of benzene rings is 1. The van der Waals surface area contributed by atoms with Crippen LogP contribution in [0.5, 0.6) is 5.75 Å². The molecule has 0 saturated carbocycles. The number of hydrogen-bond acceptors (Lipinski definition) is 7. The molecule has 0 aromatic heterocycles. The van der Waals surface area contributed by atoms with Gasteiger partial charge in [0.05, 0.1) is 59.3 Å². The Labute approximate surface area is 171 Å². The summed E-state index contributed by atoms with van der Waals surface area (Å²) in [6.45, 7) is 3.74. The van der Waals surface area contributed by atoms with Gasteiger partial charge in [-0.1, -0.05) is 0 Å². The molecule has 162 valence electrons. The lowest BCUT2D eigenvalue weighted by Gasteiger charge is -2.16. The van der Waals surface area contributed by atoms with E-state index in [1.54, 1.807) is 0 Å². The lowest BCUT2D eigenvalue weighted by atomic mass is 9.91. The van der Waals surface area contributed by atoms with Gasteiger partial charge in [0.15, 0.2) is 5.78 Å². The normalized spacial score (nSPS) is 13.3. The molecule has 0 aliphatic heterocycles. The Morgan fingerprint density at radius 1 is 0.828 bits per heavy atom. The molecule has 1 N–H and O–H groups in total. The molecule has 0 heterocycles. The summed E-state index contributed by atoms with van der Waals surface area (Å²) in [6.07, 6.45) is 2.47. The molecule has 0 fully saturated rings. The number of carbonyl (C=O) groups is 2. The van der Waals surface area contributed by atoms with Gasteiger partial charge in [-0.3, -0.25) is 9.59 Å². The van der Waals surface area contributed by atoms with Crippen molar-refractivity contribution < 1.29 is 38.4 Å². The van der Waals surface area contributed by atoms with Gasteiger partial charge < -0.3 is 28.8 Å². The number of Topliss-reactive ketones (excluding diaryl/α,β-unsaturated/α-hetero) is 1. The van der Waals surface area contributed by atoms with Gasteiger partial charge in [-0.2, -0.15) is 0 Å². The topological polar surface area (TPSA) is 101 Å². The predicted molar refractivity (Wildman–Crippen MR) is 105 cm³/mol. The SMILES string of the molecule is O=C(O)CCOCCOCCOCCOCCOc1ccc2c(c1)CCCC2=O. The summed E-state index contributed by atoms with van der Waals surface area (Å²) in [7, 11) is 0. The molecule has 0 amide bonds. The van der Waals surface area contributed by atoms with Gasteiger partial charge in [0.1, 0.15) is 12.4 Å². The van der Waals surface area contributed by atoms with E-state index in [4.69, 9.17) is 28.8 Å². The van der Waals surface area contributed by atoms with Gasteiger partial charge in [-0.15, -0.1) is 0 Å². The van der Waals surface area contributed by atoms with Crippen LogP contribution in [0.15, 0.2) is 18.2 Å². The standard InChI is InChI=1S/C21H30O8/c22-20-3-1-2-17-16-18(4-5-19(17)20)29-15-14-28-13-12-27-11-10-26-9-8-25-7-6-21(23)24/h4-5,16H,1-3,6-15H2,(H,23,24). The number of carboxylic acid groups (broad SMARTS) is 1. The molecule has 1 aromatic rings. The monoisotopic (exact) mass is 410 g/mol. The minimum Gasteiger partial charge on any atom is -0.491 e. The third-order valence-corrected chi connectivity index (χ3v) is 4.30. The summed E-state index contributed by atoms with van der Waals surface area (Å²) in [4.78, 5) is 22.1. The van der Waals surface area contributed by atoms with Crippen LogP contribution in [0.2, 0.25) is 0 Å². The van der Waals surface area contributed by atoms with Crippen molar-refractivity contribution in [3.63, 3.8) is 0 Å². The second kappa shape index (κ2) is 14.1. The molecule has 1 aromatic carbocycles. The molecule has 2 rings (SSSR count). The summed E-state index contributed by atoms with van der Waals surface area (Å²) < 4.78 is 26.9. The van der Waals surface area contributed by atoms with Crippen LogP contribution in [-0.4, -0.2) is 76.3 Å². The highest BCUT2D eigenvalue weighted by molar-refractivity contribution is 5.98. The maximum absolute atomic E-state index is 11.8. The summed E-state index contributed by atoms with van der Waals surface area (Å²) in [5, 5.41) is 8.45.